The number of hydrogen-bond acceptors (Lipinski definition) is 3. The van der Waals surface area contributed by atoms with Crippen molar-refractivity contribution < 1.29 is 9.53 Å². The minimum Gasteiger partial charge on any atom is -0.487 e. The number of rotatable bonds is 6. The molecule has 4 heteroatoms. The third-order valence-electron chi connectivity index (χ3n) is 3.67. The molecule has 2 N–H and O–H groups in total. The van der Waals surface area contributed by atoms with Crippen LogP contribution in [0.2, 0.25) is 0 Å². The summed E-state index contributed by atoms with van der Waals surface area (Å²) in [5.41, 5.74) is 7.11. The van der Waals surface area contributed by atoms with Gasteiger partial charge in [0.05, 0.1) is 19.1 Å². The van der Waals surface area contributed by atoms with Crippen LogP contribution in [0.5, 0.6) is 5.75 Å². The van der Waals surface area contributed by atoms with E-state index in [0.29, 0.717) is 13.1 Å². The summed E-state index contributed by atoms with van der Waals surface area (Å²) in [6.07, 6.45) is 2.94. The molecule has 1 aliphatic heterocycles. The van der Waals surface area contributed by atoms with E-state index >= 15 is 0 Å². The standard InChI is InChI=1S/C16H24N2O2/c1-3-4-5-15(17)16(19)18-10-14(11-18)20-13-8-6-12(2)7-9-13/h6-9,14-15H,3-5,10-11,17H2,1-2H3/t15-/m0/s1. The van der Waals surface area contributed by atoms with E-state index in [2.05, 4.69) is 6.92 Å². The molecule has 0 aliphatic carbocycles. The molecule has 0 radical (unpaired) electrons. The number of carbonyl (C=O) groups is 1. The molecule has 1 fully saturated rings. The summed E-state index contributed by atoms with van der Waals surface area (Å²) in [5.74, 6) is 0.921. The van der Waals surface area contributed by atoms with Gasteiger partial charge in [-0.1, -0.05) is 37.5 Å². The Labute approximate surface area is 120 Å². The van der Waals surface area contributed by atoms with Gasteiger partial charge in [-0.2, -0.15) is 0 Å². The van der Waals surface area contributed by atoms with Gasteiger partial charge < -0.3 is 15.4 Å². The predicted molar refractivity (Wildman–Crippen MR) is 79.7 cm³/mol. The van der Waals surface area contributed by atoms with Crippen LogP contribution in [0.1, 0.15) is 31.7 Å². The van der Waals surface area contributed by atoms with Crippen LogP contribution >= 0.6 is 0 Å². The molecule has 0 aromatic heterocycles. The summed E-state index contributed by atoms with van der Waals surface area (Å²) in [6.45, 7) is 5.44. The lowest BCUT2D eigenvalue weighted by atomic mass is 10.1. The second kappa shape index (κ2) is 6.75. The fourth-order valence-corrected chi connectivity index (χ4v) is 2.28. The van der Waals surface area contributed by atoms with Crippen molar-refractivity contribution in [1.29, 1.82) is 0 Å². The van der Waals surface area contributed by atoms with Gasteiger partial charge in [-0.3, -0.25) is 4.79 Å². The molecule has 0 spiro atoms. The topological polar surface area (TPSA) is 55.6 Å². The maximum absolute atomic E-state index is 12.0. The first-order valence-corrected chi connectivity index (χ1v) is 7.38. The maximum atomic E-state index is 12.0. The number of ether oxygens (including phenoxy) is 1. The van der Waals surface area contributed by atoms with Crippen molar-refractivity contribution in [3.8, 4) is 5.75 Å². The minimum absolute atomic E-state index is 0.0576. The van der Waals surface area contributed by atoms with Crippen LogP contribution in [0.4, 0.5) is 0 Å². The van der Waals surface area contributed by atoms with Crippen LogP contribution in [0, 0.1) is 6.92 Å². The van der Waals surface area contributed by atoms with Crippen molar-refractivity contribution in [1.82, 2.24) is 4.90 Å². The number of nitrogens with two attached hydrogens (primary N) is 1. The summed E-state index contributed by atoms with van der Waals surface area (Å²) in [6, 6.07) is 7.63. The van der Waals surface area contributed by atoms with E-state index < -0.39 is 0 Å². The van der Waals surface area contributed by atoms with Crippen LogP contribution < -0.4 is 10.5 Å². The number of likely N-dealkylation sites (tertiary alicyclic amines) is 1. The van der Waals surface area contributed by atoms with Gasteiger partial charge in [-0.15, -0.1) is 0 Å². The smallest absolute Gasteiger partial charge is 0.239 e. The molecule has 2 rings (SSSR count). The fourth-order valence-electron chi connectivity index (χ4n) is 2.28. The summed E-state index contributed by atoms with van der Waals surface area (Å²) in [5, 5.41) is 0. The average Bonchev–Trinajstić information content (AvgIpc) is 2.41. The Morgan fingerprint density at radius 1 is 1.40 bits per heavy atom. The van der Waals surface area contributed by atoms with Gasteiger partial charge in [0.1, 0.15) is 11.9 Å². The summed E-state index contributed by atoms with van der Waals surface area (Å²) >= 11 is 0. The minimum atomic E-state index is -0.352. The van der Waals surface area contributed by atoms with Gasteiger partial charge in [0.15, 0.2) is 0 Å². The van der Waals surface area contributed by atoms with Gasteiger partial charge in [0.25, 0.3) is 0 Å². The largest absolute Gasteiger partial charge is 0.487 e. The van der Waals surface area contributed by atoms with E-state index in [1.807, 2.05) is 31.2 Å². The van der Waals surface area contributed by atoms with Crippen LogP contribution in [-0.2, 0) is 4.79 Å². The summed E-state index contributed by atoms with van der Waals surface area (Å²) in [7, 11) is 0. The Balaban J connectivity index is 1.74. The van der Waals surface area contributed by atoms with Crippen LogP contribution in [0.3, 0.4) is 0 Å². The lowest BCUT2D eigenvalue weighted by Gasteiger charge is -2.40. The van der Waals surface area contributed by atoms with Crippen molar-refractivity contribution in [2.45, 2.75) is 45.3 Å². The first kappa shape index (κ1) is 14.9. The monoisotopic (exact) mass is 276 g/mol. The van der Waals surface area contributed by atoms with E-state index in [0.717, 1.165) is 25.0 Å². The highest BCUT2D eigenvalue weighted by atomic mass is 16.5. The molecule has 4 nitrogen and oxygen atoms in total. The molecule has 0 saturated carbocycles. The Morgan fingerprint density at radius 3 is 2.65 bits per heavy atom. The Morgan fingerprint density at radius 2 is 2.05 bits per heavy atom. The van der Waals surface area contributed by atoms with Gasteiger partial charge in [-0.25, -0.2) is 0 Å². The van der Waals surface area contributed by atoms with E-state index in [1.54, 1.807) is 4.90 Å². The average molecular weight is 276 g/mol. The molecule has 20 heavy (non-hydrogen) atoms. The molecule has 1 atom stereocenters. The molecule has 1 aliphatic rings. The van der Waals surface area contributed by atoms with Gasteiger partial charge >= 0.3 is 0 Å². The zero-order chi connectivity index (χ0) is 14.5. The van der Waals surface area contributed by atoms with Gasteiger partial charge in [0.2, 0.25) is 5.91 Å². The van der Waals surface area contributed by atoms with Crippen molar-refractivity contribution in [2.24, 2.45) is 5.73 Å². The van der Waals surface area contributed by atoms with Crippen molar-refractivity contribution in [3.05, 3.63) is 29.8 Å². The third kappa shape index (κ3) is 3.73. The first-order chi connectivity index (χ1) is 9.60. The number of amides is 1. The number of hydrogen-bond donors (Lipinski definition) is 1. The number of aryl methyl sites for hydroxylation is 1. The molecule has 1 aromatic rings. The van der Waals surface area contributed by atoms with Crippen molar-refractivity contribution >= 4 is 5.91 Å². The van der Waals surface area contributed by atoms with E-state index in [1.165, 1.54) is 5.56 Å². The molecule has 0 unspecified atom stereocenters. The maximum Gasteiger partial charge on any atom is 0.239 e. The van der Waals surface area contributed by atoms with Crippen molar-refractivity contribution in [2.75, 3.05) is 13.1 Å². The SMILES string of the molecule is CCCC[C@H](N)C(=O)N1CC(Oc2ccc(C)cc2)C1. The van der Waals surface area contributed by atoms with E-state index in [4.69, 9.17) is 10.5 Å². The Kier molecular flexibility index (Phi) is 5.01. The summed E-state index contributed by atoms with van der Waals surface area (Å²) in [4.78, 5) is 13.8. The number of carbonyl (C=O) groups excluding carboxylic acids is 1. The first-order valence-electron chi connectivity index (χ1n) is 7.38. The molecule has 0 bridgehead atoms. The Bertz CT molecular complexity index is 438. The molecule has 1 amide bonds. The quantitative estimate of drug-likeness (QED) is 0.865. The molecule has 1 heterocycles. The van der Waals surface area contributed by atoms with Gasteiger partial charge in [0, 0.05) is 0 Å². The van der Waals surface area contributed by atoms with Crippen LogP contribution in [-0.4, -0.2) is 36.0 Å². The normalized spacial score (nSPS) is 16.6. The van der Waals surface area contributed by atoms with Crippen LogP contribution in [0.25, 0.3) is 0 Å². The number of nitrogens with zero attached hydrogens (tertiary/aromatic N) is 1. The van der Waals surface area contributed by atoms with E-state index in [-0.39, 0.29) is 18.1 Å². The highest BCUT2D eigenvalue weighted by Crippen LogP contribution is 2.19. The second-order valence-electron chi connectivity index (χ2n) is 5.54. The zero-order valence-corrected chi connectivity index (χ0v) is 12.3. The second-order valence-corrected chi connectivity index (χ2v) is 5.54. The molecule has 1 saturated heterocycles. The lowest BCUT2D eigenvalue weighted by Crippen LogP contribution is -2.59. The Hall–Kier alpha value is -1.55. The lowest BCUT2D eigenvalue weighted by molar-refractivity contribution is -0.141. The molecular formula is C16H24N2O2. The zero-order valence-electron chi connectivity index (χ0n) is 12.3. The van der Waals surface area contributed by atoms with Crippen molar-refractivity contribution in [3.63, 3.8) is 0 Å². The molecular weight excluding hydrogens is 252 g/mol. The highest BCUT2D eigenvalue weighted by molar-refractivity contribution is 5.82. The summed E-state index contributed by atoms with van der Waals surface area (Å²) < 4.78 is 5.81. The third-order valence-corrected chi connectivity index (χ3v) is 3.67. The highest BCUT2D eigenvalue weighted by Gasteiger charge is 2.34. The van der Waals surface area contributed by atoms with Gasteiger partial charge in [-0.05, 0) is 25.5 Å². The molecule has 110 valence electrons. The van der Waals surface area contributed by atoms with E-state index in [9.17, 15) is 4.79 Å². The van der Waals surface area contributed by atoms with Crippen LogP contribution in [0.15, 0.2) is 24.3 Å². The molecule has 1 aromatic carbocycles. The number of benzene rings is 1. The number of unbranched alkanes of at least 4 members (excludes halogenated alkanes) is 1. The fraction of sp³-hybridized carbons (Fsp3) is 0.562. The predicted octanol–water partition coefficient (Wildman–Crippen LogP) is 2.10.